The Labute approximate surface area is 125 Å². The van der Waals surface area contributed by atoms with Crippen LogP contribution in [-0.4, -0.2) is 17.0 Å². The number of furan rings is 1. The quantitative estimate of drug-likeness (QED) is 0.832. The van der Waals surface area contributed by atoms with E-state index in [1.54, 1.807) is 24.3 Å². The second kappa shape index (κ2) is 6.76. The molecular formula is C15H12ClNO4. The highest BCUT2D eigenvalue weighted by Crippen LogP contribution is 2.13. The molecule has 0 saturated heterocycles. The summed E-state index contributed by atoms with van der Waals surface area (Å²) in [6.45, 7) is 0.333. The second-order valence-corrected chi connectivity index (χ2v) is 4.57. The molecule has 1 heterocycles. The van der Waals surface area contributed by atoms with Crippen LogP contribution < -0.4 is 5.32 Å². The number of halogens is 1. The second-order valence-electron chi connectivity index (χ2n) is 4.20. The summed E-state index contributed by atoms with van der Waals surface area (Å²) in [6, 6.07) is 10.1. The number of aliphatic carboxylic acids is 1. The van der Waals surface area contributed by atoms with Crippen molar-refractivity contribution in [1.29, 1.82) is 0 Å². The van der Waals surface area contributed by atoms with Crippen LogP contribution in [-0.2, 0) is 11.3 Å². The summed E-state index contributed by atoms with van der Waals surface area (Å²) in [5.74, 6) is -1.19. The molecule has 0 aliphatic heterocycles. The molecular weight excluding hydrogens is 294 g/mol. The van der Waals surface area contributed by atoms with E-state index in [1.165, 1.54) is 18.2 Å². The van der Waals surface area contributed by atoms with Crippen molar-refractivity contribution in [2.24, 2.45) is 0 Å². The molecule has 1 amide bonds. The van der Waals surface area contributed by atoms with Gasteiger partial charge in [-0.15, -0.1) is 0 Å². The Morgan fingerprint density at radius 1 is 1.19 bits per heavy atom. The highest BCUT2D eigenvalue weighted by atomic mass is 35.5. The van der Waals surface area contributed by atoms with Crippen LogP contribution >= 0.6 is 11.6 Å². The number of amides is 1. The zero-order valence-corrected chi connectivity index (χ0v) is 11.6. The lowest BCUT2D eigenvalue weighted by Crippen LogP contribution is -2.22. The van der Waals surface area contributed by atoms with Gasteiger partial charge in [-0.1, -0.05) is 24.3 Å². The van der Waals surface area contributed by atoms with Gasteiger partial charge in [-0.25, -0.2) is 4.79 Å². The van der Waals surface area contributed by atoms with E-state index >= 15 is 0 Å². The Balaban J connectivity index is 1.92. The lowest BCUT2D eigenvalue weighted by Gasteiger charge is -2.04. The third kappa shape index (κ3) is 4.50. The third-order valence-corrected chi connectivity index (χ3v) is 2.85. The minimum absolute atomic E-state index is 0.154. The number of benzene rings is 1. The minimum atomic E-state index is -0.997. The van der Waals surface area contributed by atoms with E-state index < -0.39 is 5.97 Å². The van der Waals surface area contributed by atoms with Crippen molar-refractivity contribution < 1.29 is 19.1 Å². The van der Waals surface area contributed by atoms with Crippen LogP contribution in [0.15, 0.2) is 46.9 Å². The third-order valence-electron chi connectivity index (χ3n) is 2.65. The fourth-order valence-corrected chi connectivity index (χ4v) is 1.77. The highest BCUT2D eigenvalue weighted by Gasteiger charge is 2.09. The maximum absolute atomic E-state index is 11.7. The van der Waals surface area contributed by atoms with Crippen molar-refractivity contribution >= 4 is 29.6 Å². The standard InChI is InChI=1S/C15H12ClNO4/c16-13-7-6-12(21-13)15(20)17-9-11-3-1-10(2-4-11)5-8-14(18)19/h1-8H,9H2,(H,17,20)(H,18,19). The summed E-state index contributed by atoms with van der Waals surface area (Å²) in [5, 5.41) is 11.4. The maximum Gasteiger partial charge on any atom is 0.328 e. The number of carboxylic acids is 1. The van der Waals surface area contributed by atoms with Gasteiger partial charge in [0.1, 0.15) is 0 Å². The molecule has 0 saturated carbocycles. The normalized spacial score (nSPS) is 10.7. The van der Waals surface area contributed by atoms with Crippen LogP contribution in [0.2, 0.25) is 5.22 Å². The van der Waals surface area contributed by atoms with Gasteiger partial charge in [0.2, 0.25) is 0 Å². The van der Waals surface area contributed by atoms with E-state index in [0.29, 0.717) is 6.54 Å². The average molecular weight is 306 g/mol. The van der Waals surface area contributed by atoms with Crippen molar-refractivity contribution in [3.05, 3.63) is 64.6 Å². The van der Waals surface area contributed by atoms with Crippen molar-refractivity contribution in [2.45, 2.75) is 6.54 Å². The molecule has 5 nitrogen and oxygen atoms in total. The van der Waals surface area contributed by atoms with Gasteiger partial charge in [0.25, 0.3) is 5.91 Å². The number of hydrogen-bond donors (Lipinski definition) is 2. The summed E-state index contributed by atoms with van der Waals surface area (Å²) in [7, 11) is 0. The fourth-order valence-electron chi connectivity index (χ4n) is 1.62. The molecule has 0 aliphatic rings. The smallest absolute Gasteiger partial charge is 0.328 e. The first-order valence-corrected chi connectivity index (χ1v) is 6.46. The Kier molecular flexibility index (Phi) is 4.79. The number of carbonyl (C=O) groups is 2. The van der Waals surface area contributed by atoms with E-state index in [4.69, 9.17) is 21.1 Å². The van der Waals surface area contributed by atoms with E-state index in [0.717, 1.165) is 17.2 Å². The van der Waals surface area contributed by atoms with Gasteiger partial charge in [-0.05, 0) is 40.9 Å². The summed E-state index contributed by atoms with van der Waals surface area (Å²) < 4.78 is 5.00. The zero-order valence-electron chi connectivity index (χ0n) is 10.9. The molecule has 21 heavy (non-hydrogen) atoms. The molecule has 1 aromatic carbocycles. The van der Waals surface area contributed by atoms with E-state index in [9.17, 15) is 9.59 Å². The number of nitrogens with one attached hydrogen (secondary N) is 1. The SMILES string of the molecule is O=C(O)C=Cc1ccc(CNC(=O)c2ccc(Cl)o2)cc1. The van der Waals surface area contributed by atoms with E-state index in [-0.39, 0.29) is 16.9 Å². The van der Waals surface area contributed by atoms with E-state index in [1.807, 2.05) is 0 Å². The molecule has 1 aromatic heterocycles. The maximum atomic E-state index is 11.7. The van der Waals surface area contributed by atoms with E-state index in [2.05, 4.69) is 5.32 Å². The molecule has 108 valence electrons. The van der Waals surface area contributed by atoms with Crippen LogP contribution in [0.4, 0.5) is 0 Å². The minimum Gasteiger partial charge on any atom is -0.478 e. The predicted molar refractivity (Wildman–Crippen MR) is 78.0 cm³/mol. The van der Waals surface area contributed by atoms with Crippen molar-refractivity contribution in [3.63, 3.8) is 0 Å². The monoisotopic (exact) mass is 305 g/mol. The number of hydrogen-bond acceptors (Lipinski definition) is 3. The summed E-state index contributed by atoms with van der Waals surface area (Å²) in [5.41, 5.74) is 1.65. The first-order valence-electron chi connectivity index (χ1n) is 6.08. The van der Waals surface area contributed by atoms with Crippen LogP contribution in [0.5, 0.6) is 0 Å². The van der Waals surface area contributed by atoms with Gasteiger partial charge >= 0.3 is 5.97 Å². The van der Waals surface area contributed by atoms with Crippen molar-refractivity contribution in [3.8, 4) is 0 Å². The molecule has 0 fully saturated rings. The van der Waals surface area contributed by atoms with Gasteiger partial charge in [-0.3, -0.25) is 4.79 Å². The highest BCUT2D eigenvalue weighted by molar-refractivity contribution is 6.29. The molecule has 0 spiro atoms. The van der Waals surface area contributed by atoms with Gasteiger partial charge in [0.05, 0.1) is 0 Å². The van der Waals surface area contributed by atoms with Crippen LogP contribution in [0.1, 0.15) is 21.7 Å². The summed E-state index contributed by atoms with van der Waals surface area (Å²) in [4.78, 5) is 22.1. The van der Waals surface area contributed by atoms with Crippen molar-refractivity contribution in [1.82, 2.24) is 5.32 Å². The van der Waals surface area contributed by atoms with Crippen LogP contribution in [0.3, 0.4) is 0 Å². The Bertz CT molecular complexity index is 673. The molecule has 6 heteroatoms. The lowest BCUT2D eigenvalue weighted by atomic mass is 10.1. The van der Waals surface area contributed by atoms with Gasteiger partial charge in [-0.2, -0.15) is 0 Å². The molecule has 0 bridgehead atoms. The average Bonchev–Trinajstić information content (AvgIpc) is 2.90. The van der Waals surface area contributed by atoms with Gasteiger partial charge in [0, 0.05) is 12.6 Å². The fraction of sp³-hybridized carbons (Fsp3) is 0.0667. The Hall–Kier alpha value is -2.53. The van der Waals surface area contributed by atoms with Crippen LogP contribution in [0, 0.1) is 0 Å². The van der Waals surface area contributed by atoms with Crippen molar-refractivity contribution in [2.75, 3.05) is 0 Å². The molecule has 0 radical (unpaired) electrons. The first kappa shape index (κ1) is 14.9. The van der Waals surface area contributed by atoms with Gasteiger partial charge < -0.3 is 14.8 Å². The van der Waals surface area contributed by atoms with Crippen LogP contribution in [0.25, 0.3) is 6.08 Å². The molecule has 0 aliphatic carbocycles. The molecule has 0 atom stereocenters. The predicted octanol–water partition coefficient (Wildman–Crippen LogP) is 2.96. The topological polar surface area (TPSA) is 79.5 Å². The number of carbonyl (C=O) groups excluding carboxylic acids is 1. The van der Waals surface area contributed by atoms with Gasteiger partial charge in [0.15, 0.2) is 11.0 Å². The summed E-state index contributed by atoms with van der Waals surface area (Å²) in [6.07, 6.45) is 2.56. The Morgan fingerprint density at radius 2 is 1.90 bits per heavy atom. The number of carboxylic acid groups (broad SMARTS) is 1. The lowest BCUT2D eigenvalue weighted by molar-refractivity contribution is -0.131. The molecule has 2 aromatic rings. The molecule has 2 N–H and O–H groups in total. The molecule has 2 rings (SSSR count). The number of rotatable bonds is 5. The molecule has 0 unspecified atom stereocenters. The first-order chi connectivity index (χ1) is 10.0. The Morgan fingerprint density at radius 3 is 2.48 bits per heavy atom. The largest absolute Gasteiger partial charge is 0.478 e. The summed E-state index contributed by atoms with van der Waals surface area (Å²) >= 11 is 5.60. The zero-order chi connectivity index (χ0) is 15.2.